The van der Waals surface area contributed by atoms with Crippen LogP contribution in [0.3, 0.4) is 0 Å². The largest absolute Gasteiger partial charge is 0.336 e. The number of imide groups is 1. The smallest absolute Gasteiger partial charge is 0.327 e. The molecule has 0 saturated carbocycles. The van der Waals surface area contributed by atoms with Gasteiger partial charge in [-0.2, -0.15) is 0 Å². The molecule has 8 nitrogen and oxygen atoms in total. The molecule has 9 heteroatoms. The summed E-state index contributed by atoms with van der Waals surface area (Å²) in [5.74, 6) is -0.0921. The predicted octanol–water partition coefficient (Wildman–Crippen LogP) is -0.528. The Hall–Kier alpha value is -2.03. The van der Waals surface area contributed by atoms with E-state index in [1.807, 2.05) is 0 Å². The molecule has 3 saturated heterocycles. The van der Waals surface area contributed by atoms with Gasteiger partial charge in [0.15, 0.2) is 0 Å². The van der Waals surface area contributed by atoms with Crippen molar-refractivity contribution in [2.75, 3.05) is 31.9 Å². The molecular formula is C13H16N4O4S. The van der Waals surface area contributed by atoms with Gasteiger partial charge in [0.1, 0.15) is 12.1 Å². The maximum atomic E-state index is 12.4. The fourth-order valence-corrected chi connectivity index (χ4v) is 3.66. The van der Waals surface area contributed by atoms with Crippen LogP contribution in [0.15, 0.2) is 12.7 Å². The van der Waals surface area contributed by atoms with Crippen LogP contribution in [0.1, 0.15) is 0 Å². The van der Waals surface area contributed by atoms with E-state index in [1.54, 1.807) is 4.90 Å². The van der Waals surface area contributed by atoms with Crippen molar-refractivity contribution in [3.63, 3.8) is 0 Å². The number of fused-ring (bicyclic) bond motifs is 1. The number of hydrogen-bond acceptors (Lipinski definition) is 5. The Morgan fingerprint density at radius 3 is 2.77 bits per heavy atom. The lowest BCUT2D eigenvalue weighted by Gasteiger charge is -2.36. The van der Waals surface area contributed by atoms with Gasteiger partial charge in [-0.25, -0.2) is 4.79 Å². The van der Waals surface area contributed by atoms with E-state index in [4.69, 9.17) is 0 Å². The van der Waals surface area contributed by atoms with Crippen molar-refractivity contribution in [3.8, 4) is 0 Å². The number of hydrogen-bond donors (Lipinski definition) is 1. The number of nitrogens with one attached hydrogen (secondary N) is 1. The van der Waals surface area contributed by atoms with Crippen molar-refractivity contribution in [1.29, 1.82) is 0 Å². The first-order valence-electron chi connectivity index (χ1n) is 6.98. The molecule has 0 aromatic rings. The third kappa shape index (κ3) is 2.35. The van der Waals surface area contributed by atoms with Gasteiger partial charge in [0.2, 0.25) is 5.91 Å². The standard InChI is InChI=1S/C13H16N4O4S/c1-2-3-17-11(19)9-6-15(4-5-16(9)13(17)21)10(18)8-7-22-12(20)14-8/h2,8-9H,1,3-7H2,(H,14,20)/t8-,9-/m0/s1. The Kier molecular flexibility index (Phi) is 3.81. The minimum atomic E-state index is -0.630. The fraction of sp³-hybridized carbons (Fsp3) is 0.538. The van der Waals surface area contributed by atoms with E-state index in [9.17, 15) is 19.2 Å². The van der Waals surface area contributed by atoms with Crippen LogP contribution in [0, 0.1) is 0 Å². The van der Waals surface area contributed by atoms with Crippen molar-refractivity contribution in [2.24, 2.45) is 0 Å². The van der Waals surface area contributed by atoms with Crippen molar-refractivity contribution in [2.45, 2.75) is 12.1 Å². The summed E-state index contributed by atoms with van der Waals surface area (Å²) in [7, 11) is 0. The maximum Gasteiger partial charge on any atom is 0.327 e. The van der Waals surface area contributed by atoms with Crippen molar-refractivity contribution in [3.05, 3.63) is 12.7 Å². The quantitative estimate of drug-likeness (QED) is 0.557. The molecule has 0 spiro atoms. The minimum Gasteiger partial charge on any atom is -0.336 e. The summed E-state index contributed by atoms with van der Waals surface area (Å²) < 4.78 is 0. The van der Waals surface area contributed by atoms with Crippen molar-refractivity contribution < 1.29 is 19.2 Å². The van der Waals surface area contributed by atoms with E-state index in [2.05, 4.69) is 11.9 Å². The minimum absolute atomic E-state index is 0.175. The van der Waals surface area contributed by atoms with E-state index >= 15 is 0 Å². The third-order valence-corrected chi connectivity index (χ3v) is 4.88. The molecule has 3 fully saturated rings. The summed E-state index contributed by atoms with van der Waals surface area (Å²) in [4.78, 5) is 52.2. The molecule has 0 unspecified atom stereocenters. The Morgan fingerprint density at radius 1 is 1.36 bits per heavy atom. The van der Waals surface area contributed by atoms with Crippen LogP contribution in [0.25, 0.3) is 0 Å². The first-order valence-corrected chi connectivity index (χ1v) is 7.96. The molecule has 3 aliphatic rings. The van der Waals surface area contributed by atoms with Crippen LogP contribution < -0.4 is 5.32 Å². The average molecular weight is 324 g/mol. The first-order chi connectivity index (χ1) is 10.5. The summed E-state index contributed by atoms with van der Waals surface area (Å²) in [6.45, 7) is 4.58. The van der Waals surface area contributed by atoms with E-state index in [1.165, 1.54) is 11.0 Å². The topological polar surface area (TPSA) is 90.0 Å². The number of nitrogens with zero attached hydrogens (tertiary/aromatic N) is 3. The summed E-state index contributed by atoms with van der Waals surface area (Å²) >= 11 is 1.08. The zero-order chi connectivity index (χ0) is 15.9. The van der Waals surface area contributed by atoms with Crippen molar-refractivity contribution in [1.82, 2.24) is 20.0 Å². The highest BCUT2D eigenvalue weighted by atomic mass is 32.2. The van der Waals surface area contributed by atoms with Gasteiger partial charge in [0.25, 0.3) is 11.1 Å². The zero-order valence-corrected chi connectivity index (χ0v) is 12.7. The highest BCUT2D eigenvalue weighted by molar-refractivity contribution is 8.14. The number of carbonyl (C=O) groups excluding carboxylic acids is 4. The Bertz CT molecular complexity index is 566. The molecule has 118 valence electrons. The van der Waals surface area contributed by atoms with Crippen LogP contribution in [0.2, 0.25) is 0 Å². The molecule has 2 atom stereocenters. The lowest BCUT2D eigenvalue weighted by Crippen LogP contribution is -2.58. The highest BCUT2D eigenvalue weighted by Gasteiger charge is 2.48. The van der Waals surface area contributed by atoms with Gasteiger partial charge in [-0.05, 0) is 0 Å². The number of piperazine rings is 1. The lowest BCUT2D eigenvalue weighted by atomic mass is 10.1. The summed E-state index contributed by atoms with van der Waals surface area (Å²) in [6, 6.07) is -1.50. The SMILES string of the molecule is C=CCN1C(=O)[C@@H]2CN(C(=O)[C@@H]3CSC(=O)N3)CCN2C1=O. The molecule has 0 aromatic carbocycles. The van der Waals surface area contributed by atoms with Crippen LogP contribution in [-0.2, 0) is 9.59 Å². The average Bonchev–Trinajstić information content (AvgIpc) is 3.04. The Morgan fingerprint density at radius 2 is 2.14 bits per heavy atom. The Balaban J connectivity index is 1.69. The number of rotatable bonds is 3. The summed E-state index contributed by atoms with van der Waals surface area (Å²) in [5, 5.41) is 2.40. The molecule has 0 aromatic heterocycles. The van der Waals surface area contributed by atoms with E-state index in [0.717, 1.165) is 16.7 Å². The molecule has 0 aliphatic carbocycles. The zero-order valence-electron chi connectivity index (χ0n) is 11.9. The molecule has 3 heterocycles. The second-order valence-corrected chi connectivity index (χ2v) is 6.30. The Labute approximate surface area is 131 Å². The molecule has 1 N–H and O–H groups in total. The predicted molar refractivity (Wildman–Crippen MR) is 79.2 cm³/mol. The van der Waals surface area contributed by atoms with Gasteiger partial charge >= 0.3 is 6.03 Å². The summed E-state index contributed by atoms with van der Waals surface area (Å²) in [5.41, 5.74) is 0. The van der Waals surface area contributed by atoms with Gasteiger partial charge in [-0.3, -0.25) is 19.3 Å². The maximum absolute atomic E-state index is 12.4. The second kappa shape index (κ2) is 5.64. The van der Waals surface area contributed by atoms with Crippen molar-refractivity contribution >= 4 is 34.8 Å². The summed E-state index contributed by atoms with van der Waals surface area (Å²) in [6.07, 6.45) is 1.50. The molecule has 3 rings (SSSR count). The number of amides is 5. The third-order valence-electron chi connectivity index (χ3n) is 4.00. The number of urea groups is 1. The highest BCUT2D eigenvalue weighted by Crippen LogP contribution is 2.23. The lowest BCUT2D eigenvalue weighted by molar-refractivity contribution is -0.137. The molecule has 22 heavy (non-hydrogen) atoms. The van der Waals surface area contributed by atoms with Gasteiger partial charge in [-0.1, -0.05) is 17.8 Å². The van der Waals surface area contributed by atoms with Crippen LogP contribution in [0.5, 0.6) is 0 Å². The van der Waals surface area contributed by atoms with Gasteiger partial charge in [-0.15, -0.1) is 6.58 Å². The van der Waals surface area contributed by atoms with E-state index < -0.39 is 12.1 Å². The van der Waals surface area contributed by atoms with E-state index in [-0.39, 0.29) is 36.2 Å². The monoisotopic (exact) mass is 324 g/mol. The van der Waals surface area contributed by atoms with Gasteiger partial charge in [0, 0.05) is 25.4 Å². The van der Waals surface area contributed by atoms with E-state index in [0.29, 0.717) is 18.8 Å². The number of carbonyl (C=O) groups is 4. The molecule has 3 aliphatic heterocycles. The number of thioether (sulfide) groups is 1. The molecular weight excluding hydrogens is 308 g/mol. The van der Waals surface area contributed by atoms with Crippen LogP contribution >= 0.6 is 11.8 Å². The van der Waals surface area contributed by atoms with Gasteiger partial charge < -0.3 is 15.1 Å². The first kappa shape index (κ1) is 14.9. The fourth-order valence-electron chi connectivity index (χ4n) is 2.89. The molecule has 0 bridgehead atoms. The normalized spacial score (nSPS) is 28.0. The van der Waals surface area contributed by atoms with Crippen LogP contribution in [0.4, 0.5) is 9.59 Å². The molecule has 5 amide bonds. The van der Waals surface area contributed by atoms with Crippen LogP contribution in [-0.4, -0.2) is 81.8 Å². The second-order valence-electron chi connectivity index (χ2n) is 5.31. The molecule has 0 radical (unpaired) electrons. The van der Waals surface area contributed by atoms with Gasteiger partial charge in [0.05, 0.1) is 6.54 Å².